The van der Waals surface area contributed by atoms with Crippen LogP contribution in [-0.4, -0.2) is 69.1 Å². The molecule has 6 N–H and O–H groups in total. The van der Waals surface area contributed by atoms with Crippen LogP contribution in [0.2, 0.25) is 5.02 Å². The molecule has 0 saturated heterocycles. The summed E-state index contributed by atoms with van der Waals surface area (Å²) in [5, 5.41) is 23.0. The predicted octanol–water partition coefficient (Wildman–Crippen LogP) is 3.93. The average Bonchev–Trinajstić information content (AvgIpc) is 3.88. The Morgan fingerprint density at radius 3 is 2.14 bits per heavy atom. The first-order valence-electron chi connectivity index (χ1n) is 15.3. The summed E-state index contributed by atoms with van der Waals surface area (Å²) < 4.78 is 43.5. The number of alkyl halides is 3. The van der Waals surface area contributed by atoms with Gasteiger partial charge in [-0.3, -0.25) is 14.4 Å². The lowest BCUT2D eigenvalue weighted by Gasteiger charge is -2.19. The number of aromatic nitrogens is 3. The van der Waals surface area contributed by atoms with E-state index < -0.39 is 60.6 Å². The van der Waals surface area contributed by atoms with Gasteiger partial charge >= 0.3 is 30.0 Å². The number of ether oxygens (including phenoxy) is 1. The van der Waals surface area contributed by atoms with Crippen molar-refractivity contribution >= 4 is 52.9 Å². The standard InChI is InChI=1S/C33H30ClF3N8O6/c34-22-10-8-21(9-11-22)32(14-15-32)45-30-42-29(43-31(44-30)51-18-33(35,36)37)40-23-12-6-20(7-13-23)25(46)41-24(28(49)50)17-39-27(48)26(47)38-16-19-4-2-1-3-5-19/h1-13,24H,14-18H2,(H,38,47)(H,39,48)(H,41,46)(H,49,50)(H2,40,42,43,44,45)/t24-/m0/s1. The normalized spacial score (nSPS) is 13.6. The fraction of sp³-hybridized carbons (Fsp3) is 0.242. The van der Waals surface area contributed by atoms with E-state index in [1.807, 2.05) is 12.1 Å². The number of benzene rings is 3. The van der Waals surface area contributed by atoms with E-state index in [0.29, 0.717) is 23.6 Å². The maximum absolute atomic E-state index is 12.9. The Kier molecular flexibility index (Phi) is 11.2. The molecular weight excluding hydrogens is 697 g/mol. The molecule has 51 heavy (non-hydrogen) atoms. The third-order valence-corrected chi connectivity index (χ3v) is 7.71. The highest BCUT2D eigenvalue weighted by atomic mass is 35.5. The van der Waals surface area contributed by atoms with E-state index in [2.05, 4.69) is 41.5 Å². The van der Waals surface area contributed by atoms with Gasteiger partial charge in [-0.05, 0) is 60.4 Å². The summed E-state index contributed by atoms with van der Waals surface area (Å²) in [6.07, 6.45) is -3.25. The zero-order valence-electron chi connectivity index (χ0n) is 26.5. The number of hydrogen-bond acceptors (Lipinski definition) is 10. The third kappa shape index (κ3) is 10.5. The highest BCUT2D eigenvalue weighted by molar-refractivity contribution is 6.35. The number of carbonyl (C=O) groups excluding carboxylic acids is 3. The fourth-order valence-corrected chi connectivity index (χ4v) is 4.81. The van der Waals surface area contributed by atoms with Crippen LogP contribution in [0.1, 0.15) is 34.3 Å². The smallest absolute Gasteiger partial charge is 0.422 e. The van der Waals surface area contributed by atoms with Crippen LogP contribution in [0.25, 0.3) is 0 Å². The van der Waals surface area contributed by atoms with E-state index in [9.17, 15) is 37.5 Å². The number of halogens is 4. The SMILES string of the molecule is O=C(NCc1ccccc1)C(=O)NC[C@H](NC(=O)c1ccc(Nc2nc(NC3(c4ccc(Cl)cc4)CC3)nc(OCC(F)(F)F)n2)cc1)C(=O)O. The number of rotatable bonds is 14. The number of anilines is 3. The molecule has 1 aliphatic carbocycles. The minimum atomic E-state index is -4.65. The van der Waals surface area contributed by atoms with Gasteiger partial charge in [0, 0.05) is 29.4 Å². The monoisotopic (exact) mass is 726 g/mol. The van der Waals surface area contributed by atoms with Crippen LogP contribution in [0.3, 0.4) is 0 Å². The van der Waals surface area contributed by atoms with Gasteiger partial charge in [-0.25, -0.2) is 4.79 Å². The number of carboxylic acid groups (broad SMARTS) is 1. The Hall–Kier alpha value is -5.97. The highest BCUT2D eigenvalue weighted by Gasteiger charge is 2.45. The molecule has 266 valence electrons. The summed E-state index contributed by atoms with van der Waals surface area (Å²) in [7, 11) is 0. The van der Waals surface area contributed by atoms with Gasteiger partial charge in [0.25, 0.3) is 5.91 Å². The summed E-state index contributed by atoms with van der Waals surface area (Å²) in [6, 6.07) is 19.3. The van der Waals surface area contributed by atoms with Crippen LogP contribution in [0.15, 0.2) is 78.9 Å². The fourth-order valence-electron chi connectivity index (χ4n) is 4.68. The summed E-state index contributed by atoms with van der Waals surface area (Å²) in [4.78, 5) is 61.2. The van der Waals surface area contributed by atoms with Crippen molar-refractivity contribution in [2.24, 2.45) is 0 Å². The topological polar surface area (TPSA) is 197 Å². The summed E-state index contributed by atoms with van der Waals surface area (Å²) in [5.74, 6) is -4.53. The number of carboxylic acids is 1. The number of carbonyl (C=O) groups is 4. The molecule has 0 aliphatic heterocycles. The van der Waals surface area contributed by atoms with Gasteiger partial charge in [0.2, 0.25) is 11.9 Å². The molecule has 0 bridgehead atoms. The summed E-state index contributed by atoms with van der Waals surface area (Å²) in [6.45, 7) is -2.13. The van der Waals surface area contributed by atoms with E-state index >= 15 is 0 Å². The molecule has 0 radical (unpaired) electrons. The number of nitrogens with one attached hydrogen (secondary N) is 5. The third-order valence-electron chi connectivity index (χ3n) is 7.45. The first kappa shape index (κ1) is 36.3. The predicted molar refractivity (Wildman–Crippen MR) is 177 cm³/mol. The molecule has 1 fully saturated rings. The van der Waals surface area contributed by atoms with E-state index in [0.717, 1.165) is 11.1 Å². The lowest BCUT2D eigenvalue weighted by atomic mass is 10.1. The summed E-state index contributed by atoms with van der Waals surface area (Å²) in [5.41, 5.74) is 1.41. The second kappa shape index (κ2) is 15.7. The van der Waals surface area contributed by atoms with Crippen molar-refractivity contribution < 1.29 is 42.2 Å². The van der Waals surface area contributed by atoms with Crippen molar-refractivity contribution in [2.45, 2.75) is 37.1 Å². The van der Waals surface area contributed by atoms with Gasteiger partial charge in [0.1, 0.15) is 6.04 Å². The summed E-state index contributed by atoms with van der Waals surface area (Å²) >= 11 is 6.01. The Labute approximate surface area is 293 Å². The minimum absolute atomic E-state index is 0.0320. The van der Waals surface area contributed by atoms with Crippen molar-refractivity contribution in [3.63, 3.8) is 0 Å². The van der Waals surface area contributed by atoms with Crippen molar-refractivity contribution in [1.82, 2.24) is 30.9 Å². The van der Waals surface area contributed by atoms with Crippen LogP contribution in [0.4, 0.5) is 30.8 Å². The molecule has 0 spiro atoms. The average molecular weight is 727 g/mol. The zero-order valence-corrected chi connectivity index (χ0v) is 27.2. The van der Waals surface area contributed by atoms with Gasteiger partial charge in [0.05, 0.1) is 5.54 Å². The maximum atomic E-state index is 12.9. The molecule has 5 rings (SSSR count). The van der Waals surface area contributed by atoms with Crippen LogP contribution in [0, 0.1) is 0 Å². The number of nitrogens with zero attached hydrogens (tertiary/aromatic N) is 3. The maximum Gasteiger partial charge on any atom is 0.422 e. The Balaban J connectivity index is 1.21. The number of aliphatic carboxylic acids is 1. The van der Waals surface area contributed by atoms with Gasteiger partial charge < -0.3 is 36.4 Å². The second-order valence-corrected chi connectivity index (χ2v) is 11.8. The van der Waals surface area contributed by atoms with Gasteiger partial charge in [-0.15, -0.1) is 0 Å². The van der Waals surface area contributed by atoms with Gasteiger partial charge in [-0.1, -0.05) is 54.1 Å². The quantitative estimate of drug-likeness (QED) is 0.103. The molecule has 18 heteroatoms. The molecule has 1 aliphatic rings. The lowest BCUT2D eigenvalue weighted by Crippen LogP contribution is -2.50. The number of amides is 3. The molecule has 1 atom stereocenters. The van der Waals surface area contributed by atoms with Gasteiger partial charge in [0.15, 0.2) is 6.61 Å². The molecular formula is C33H30ClF3N8O6. The molecule has 4 aromatic rings. The van der Waals surface area contributed by atoms with E-state index in [-0.39, 0.29) is 24.0 Å². The highest BCUT2D eigenvalue weighted by Crippen LogP contribution is 2.48. The molecule has 3 amide bonds. The van der Waals surface area contributed by atoms with Crippen LogP contribution in [0.5, 0.6) is 6.01 Å². The minimum Gasteiger partial charge on any atom is -0.480 e. The van der Waals surface area contributed by atoms with Crippen molar-refractivity contribution in [1.29, 1.82) is 0 Å². The van der Waals surface area contributed by atoms with E-state index in [1.165, 1.54) is 24.3 Å². The molecule has 1 heterocycles. The van der Waals surface area contributed by atoms with Crippen molar-refractivity contribution in [3.8, 4) is 6.01 Å². The van der Waals surface area contributed by atoms with Crippen molar-refractivity contribution in [3.05, 3.63) is 101 Å². The van der Waals surface area contributed by atoms with Crippen LogP contribution < -0.4 is 31.3 Å². The van der Waals surface area contributed by atoms with Crippen LogP contribution in [-0.2, 0) is 26.5 Å². The van der Waals surface area contributed by atoms with Crippen molar-refractivity contribution in [2.75, 3.05) is 23.8 Å². The largest absolute Gasteiger partial charge is 0.480 e. The molecule has 3 aromatic carbocycles. The molecule has 0 unspecified atom stereocenters. The van der Waals surface area contributed by atoms with E-state index in [4.69, 9.17) is 16.3 Å². The molecule has 14 nitrogen and oxygen atoms in total. The number of hydrogen-bond donors (Lipinski definition) is 6. The Morgan fingerprint density at radius 2 is 1.51 bits per heavy atom. The zero-order chi connectivity index (χ0) is 36.6. The Morgan fingerprint density at radius 1 is 0.863 bits per heavy atom. The molecule has 1 aromatic heterocycles. The second-order valence-electron chi connectivity index (χ2n) is 11.3. The molecule has 1 saturated carbocycles. The van der Waals surface area contributed by atoms with Crippen LogP contribution >= 0.6 is 11.6 Å². The Bertz CT molecular complexity index is 1880. The lowest BCUT2D eigenvalue weighted by molar-refractivity contribution is -0.154. The van der Waals surface area contributed by atoms with E-state index in [1.54, 1.807) is 42.5 Å². The van der Waals surface area contributed by atoms with Gasteiger partial charge in [-0.2, -0.15) is 28.1 Å². The first-order valence-corrected chi connectivity index (χ1v) is 15.7. The first-order chi connectivity index (χ1) is 24.3.